The summed E-state index contributed by atoms with van der Waals surface area (Å²) in [6, 6.07) is 8.28. The Morgan fingerprint density at radius 1 is 1.25 bits per heavy atom. The highest BCUT2D eigenvalue weighted by atomic mass is 32.2. The average molecular weight is 251 g/mol. The Kier molecular flexibility index (Phi) is 3.51. The molecule has 0 atom stereocenters. The Morgan fingerprint density at radius 2 is 1.94 bits per heavy atom. The van der Waals surface area contributed by atoms with Crippen molar-refractivity contribution >= 4 is 23.1 Å². The number of thioether (sulfide) groups is 1. The number of aromatic hydroxyl groups is 1. The molecule has 0 fully saturated rings. The van der Waals surface area contributed by atoms with Gasteiger partial charge in [0.2, 0.25) is 5.88 Å². The van der Waals surface area contributed by atoms with E-state index >= 15 is 0 Å². The van der Waals surface area contributed by atoms with Gasteiger partial charge in [-0.2, -0.15) is 0 Å². The lowest BCUT2D eigenvalue weighted by molar-refractivity contribution is 0.458. The molecule has 0 aliphatic heterocycles. The summed E-state index contributed by atoms with van der Waals surface area (Å²) in [5.74, 6) is 0.0978. The second-order valence-electron chi connectivity index (χ2n) is 3.70. The molecule has 2 nitrogen and oxygen atoms in total. The maximum absolute atomic E-state index is 9.18. The first-order valence-corrected chi connectivity index (χ1v) is 6.82. The fourth-order valence-electron chi connectivity index (χ4n) is 1.35. The molecule has 1 heterocycles. The van der Waals surface area contributed by atoms with Gasteiger partial charge in [0.1, 0.15) is 5.01 Å². The number of rotatable bonds is 3. The van der Waals surface area contributed by atoms with Crippen molar-refractivity contribution in [3.05, 3.63) is 29.6 Å². The maximum atomic E-state index is 9.18. The van der Waals surface area contributed by atoms with Gasteiger partial charge in [0.05, 0.1) is 5.38 Å². The first kappa shape index (κ1) is 11.5. The molecule has 0 saturated heterocycles. The third-order valence-corrected chi connectivity index (χ3v) is 3.86. The lowest BCUT2D eigenvalue weighted by Crippen LogP contribution is -1.85. The highest BCUT2D eigenvalue weighted by Crippen LogP contribution is 2.29. The van der Waals surface area contributed by atoms with Crippen LogP contribution in [0.3, 0.4) is 0 Å². The highest BCUT2D eigenvalue weighted by Gasteiger charge is 2.04. The summed E-state index contributed by atoms with van der Waals surface area (Å²) < 4.78 is 0. The van der Waals surface area contributed by atoms with E-state index in [-0.39, 0.29) is 5.88 Å². The van der Waals surface area contributed by atoms with Gasteiger partial charge in [-0.15, -0.1) is 23.1 Å². The Morgan fingerprint density at radius 3 is 2.44 bits per heavy atom. The second kappa shape index (κ2) is 4.89. The molecule has 0 saturated carbocycles. The van der Waals surface area contributed by atoms with Crippen molar-refractivity contribution in [1.82, 2.24) is 4.98 Å². The molecule has 1 N–H and O–H groups in total. The first-order valence-electron chi connectivity index (χ1n) is 5.07. The number of benzene rings is 1. The Labute approximate surface area is 103 Å². The smallest absolute Gasteiger partial charge is 0.222 e. The summed E-state index contributed by atoms with van der Waals surface area (Å²) in [4.78, 5) is 5.30. The van der Waals surface area contributed by atoms with Gasteiger partial charge in [-0.1, -0.05) is 26.0 Å². The fraction of sp³-hybridized carbons (Fsp3) is 0.250. The van der Waals surface area contributed by atoms with Crippen molar-refractivity contribution in [1.29, 1.82) is 0 Å². The van der Waals surface area contributed by atoms with Gasteiger partial charge >= 0.3 is 0 Å². The SMILES string of the molecule is CC(C)Sc1ccc(-c2nc(O)cs2)cc1. The van der Waals surface area contributed by atoms with Gasteiger partial charge in [-0.3, -0.25) is 0 Å². The molecular weight excluding hydrogens is 238 g/mol. The Bertz CT molecular complexity index is 462. The number of hydrogen-bond acceptors (Lipinski definition) is 4. The van der Waals surface area contributed by atoms with Crippen molar-refractivity contribution in [2.75, 3.05) is 0 Å². The number of nitrogens with zero attached hydrogens (tertiary/aromatic N) is 1. The third kappa shape index (κ3) is 2.77. The molecule has 2 rings (SSSR count). The van der Waals surface area contributed by atoms with Gasteiger partial charge in [-0.05, 0) is 12.1 Å². The molecule has 16 heavy (non-hydrogen) atoms. The largest absolute Gasteiger partial charge is 0.493 e. The summed E-state index contributed by atoms with van der Waals surface area (Å²) in [5.41, 5.74) is 1.05. The molecule has 1 aromatic carbocycles. The molecule has 0 aliphatic carbocycles. The average Bonchev–Trinajstić information content (AvgIpc) is 2.65. The predicted molar refractivity (Wildman–Crippen MR) is 70.2 cm³/mol. The van der Waals surface area contributed by atoms with Crippen molar-refractivity contribution in [2.45, 2.75) is 24.0 Å². The molecule has 0 unspecified atom stereocenters. The van der Waals surface area contributed by atoms with E-state index < -0.39 is 0 Å². The van der Waals surface area contributed by atoms with E-state index in [1.54, 1.807) is 5.38 Å². The van der Waals surface area contributed by atoms with Crippen LogP contribution in [-0.4, -0.2) is 15.3 Å². The molecule has 0 bridgehead atoms. The highest BCUT2D eigenvalue weighted by molar-refractivity contribution is 7.99. The van der Waals surface area contributed by atoms with Gasteiger partial charge in [-0.25, -0.2) is 4.98 Å². The van der Waals surface area contributed by atoms with Crippen molar-refractivity contribution in [2.24, 2.45) is 0 Å². The van der Waals surface area contributed by atoms with Crippen LogP contribution in [0.25, 0.3) is 10.6 Å². The van der Waals surface area contributed by atoms with E-state index in [9.17, 15) is 5.11 Å². The minimum absolute atomic E-state index is 0.0978. The lowest BCUT2D eigenvalue weighted by atomic mass is 10.2. The monoisotopic (exact) mass is 251 g/mol. The van der Waals surface area contributed by atoms with Crippen molar-refractivity contribution in [3.8, 4) is 16.5 Å². The number of aromatic nitrogens is 1. The zero-order chi connectivity index (χ0) is 11.5. The molecule has 0 aliphatic rings. The van der Waals surface area contributed by atoms with Crippen LogP contribution >= 0.6 is 23.1 Å². The van der Waals surface area contributed by atoms with Crippen molar-refractivity contribution in [3.63, 3.8) is 0 Å². The molecule has 2 aromatic rings. The molecule has 0 spiro atoms. The molecule has 84 valence electrons. The summed E-state index contributed by atoms with van der Waals surface area (Å²) in [6.07, 6.45) is 0. The zero-order valence-electron chi connectivity index (χ0n) is 9.18. The molecule has 4 heteroatoms. The number of hydrogen-bond donors (Lipinski definition) is 1. The molecule has 0 amide bonds. The fourth-order valence-corrected chi connectivity index (χ4v) is 2.87. The van der Waals surface area contributed by atoms with Crippen LogP contribution in [0.15, 0.2) is 34.5 Å². The summed E-state index contributed by atoms with van der Waals surface area (Å²) in [5, 5.41) is 12.3. The van der Waals surface area contributed by atoms with Gasteiger partial charge in [0, 0.05) is 15.7 Å². The van der Waals surface area contributed by atoms with Crippen LogP contribution < -0.4 is 0 Å². The lowest BCUT2D eigenvalue weighted by Gasteiger charge is -2.04. The van der Waals surface area contributed by atoms with Crippen LogP contribution in [0.1, 0.15) is 13.8 Å². The summed E-state index contributed by atoms with van der Waals surface area (Å²) in [6.45, 7) is 4.36. The Hall–Kier alpha value is -1.00. The van der Waals surface area contributed by atoms with E-state index in [0.29, 0.717) is 5.25 Å². The van der Waals surface area contributed by atoms with Crippen LogP contribution in [-0.2, 0) is 0 Å². The molecule has 1 aromatic heterocycles. The molecular formula is C12H13NOS2. The van der Waals surface area contributed by atoms with Crippen molar-refractivity contribution < 1.29 is 5.11 Å². The maximum Gasteiger partial charge on any atom is 0.222 e. The minimum atomic E-state index is 0.0978. The summed E-state index contributed by atoms with van der Waals surface area (Å²) in [7, 11) is 0. The standard InChI is InChI=1S/C12H13NOS2/c1-8(2)16-10-5-3-9(4-6-10)12-13-11(14)7-15-12/h3-8,14H,1-2H3. The van der Waals surface area contributed by atoms with Gasteiger partial charge in [0.25, 0.3) is 0 Å². The van der Waals surface area contributed by atoms with Crippen LogP contribution in [0.4, 0.5) is 0 Å². The van der Waals surface area contributed by atoms with Gasteiger partial charge in [0.15, 0.2) is 0 Å². The van der Waals surface area contributed by atoms with Crippen LogP contribution in [0.5, 0.6) is 5.88 Å². The van der Waals surface area contributed by atoms with E-state index in [1.807, 2.05) is 23.9 Å². The van der Waals surface area contributed by atoms with E-state index in [0.717, 1.165) is 10.6 Å². The van der Waals surface area contributed by atoms with Crippen LogP contribution in [0.2, 0.25) is 0 Å². The minimum Gasteiger partial charge on any atom is -0.493 e. The van der Waals surface area contributed by atoms with E-state index in [4.69, 9.17) is 0 Å². The van der Waals surface area contributed by atoms with E-state index in [2.05, 4.69) is 31.0 Å². The summed E-state index contributed by atoms with van der Waals surface area (Å²) >= 11 is 3.30. The van der Waals surface area contributed by atoms with Crippen LogP contribution in [0, 0.1) is 0 Å². The van der Waals surface area contributed by atoms with Gasteiger partial charge < -0.3 is 5.11 Å². The third-order valence-electron chi connectivity index (χ3n) is 1.97. The Balaban J connectivity index is 2.19. The van der Waals surface area contributed by atoms with E-state index in [1.165, 1.54) is 16.2 Å². The molecule has 0 radical (unpaired) electrons. The second-order valence-corrected chi connectivity index (χ2v) is 6.21. The zero-order valence-corrected chi connectivity index (χ0v) is 10.8. The topological polar surface area (TPSA) is 33.1 Å². The predicted octanol–water partition coefficient (Wildman–Crippen LogP) is 4.02. The first-order chi connectivity index (χ1) is 7.65. The number of thiazole rings is 1. The normalized spacial score (nSPS) is 10.9. The quantitative estimate of drug-likeness (QED) is 0.836.